The van der Waals surface area contributed by atoms with Crippen LogP contribution in [0.3, 0.4) is 0 Å². The Balaban J connectivity index is 2.57. The topological polar surface area (TPSA) is 18.5 Å². The molecule has 0 amide bonds. The predicted octanol–water partition coefficient (Wildman–Crippen LogP) is 3.48. The van der Waals surface area contributed by atoms with Crippen molar-refractivity contribution < 1.29 is 9.47 Å². The zero-order valence-corrected chi connectivity index (χ0v) is 11.5. The second kappa shape index (κ2) is 7.44. The van der Waals surface area contributed by atoms with E-state index >= 15 is 0 Å². The summed E-state index contributed by atoms with van der Waals surface area (Å²) in [6, 6.07) is 7.78. The second-order valence-electron chi connectivity index (χ2n) is 3.06. The fraction of sp³-hybridized carbons (Fsp3) is 0.455. The molecule has 1 atom stereocenters. The van der Waals surface area contributed by atoms with Crippen molar-refractivity contribution in [3.63, 3.8) is 0 Å². The Bertz CT molecular complexity index is 294. The van der Waals surface area contributed by atoms with Crippen LogP contribution in [0.1, 0.15) is 11.7 Å². The highest BCUT2D eigenvalue weighted by molar-refractivity contribution is 14.1. The summed E-state index contributed by atoms with van der Waals surface area (Å²) in [6.07, 6.45) is 0.0967. The Morgan fingerprint density at radius 2 is 2.20 bits per heavy atom. The lowest BCUT2D eigenvalue weighted by atomic mass is 10.1. The molecule has 0 saturated heterocycles. The number of rotatable bonds is 6. The van der Waals surface area contributed by atoms with E-state index < -0.39 is 0 Å². The first-order chi connectivity index (χ1) is 7.27. The molecule has 4 heteroatoms. The molecule has 2 nitrogen and oxygen atoms in total. The number of hydrogen-bond acceptors (Lipinski definition) is 2. The molecule has 0 spiro atoms. The Morgan fingerprint density at radius 1 is 1.40 bits per heavy atom. The quantitative estimate of drug-likeness (QED) is 0.448. The van der Waals surface area contributed by atoms with Crippen LogP contribution in [0.4, 0.5) is 0 Å². The van der Waals surface area contributed by atoms with E-state index in [1.54, 1.807) is 7.11 Å². The van der Waals surface area contributed by atoms with Crippen LogP contribution in [0.2, 0.25) is 5.02 Å². The SMILES string of the molecule is COCCOC(CI)c1cccc(Cl)c1. The molecule has 1 aromatic rings. The number of methoxy groups -OCH3 is 1. The molecule has 0 heterocycles. The van der Waals surface area contributed by atoms with Crippen LogP contribution in [0.25, 0.3) is 0 Å². The van der Waals surface area contributed by atoms with Crippen LogP contribution in [0.15, 0.2) is 24.3 Å². The third-order valence-corrected chi connectivity index (χ3v) is 3.00. The number of alkyl halides is 1. The van der Waals surface area contributed by atoms with Gasteiger partial charge in [-0.25, -0.2) is 0 Å². The van der Waals surface area contributed by atoms with Gasteiger partial charge in [0.25, 0.3) is 0 Å². The van der Waals surface area contributed by atoms with Gasteiger partial charge in [-0.15, -0.1) is 0 Å². The first kappa shape index (κ1) is 13.2. The molecule has 0 saturated carbocycles. The standard InChI is InChI=1S/C11H14ClIO2/c1-14-5-6-15-11(8-13)9-3-2-4-10(12)7-9/h2-4,7,11H,5-6,8H2,1H3. The molecule has 84 valence electrons. The summed E-state index contributed by atoms with van der Waals surface area (Å²) < 4.78 is 11.5. The largest absolute Gasteiger partial charge is 0.382 e. The Hall–Kier alpha value is 0.160. The van der Waals surface area contributed by atoms with Crippen molar-refractivity contribution >= 4 is 34.2 Å². The van der Waals surface area contributed by atoms with Crippen LogP contribution in [-0.2, 0) is 9.47 Å². The zero-order valence-electron chi connectivity index (χ0n) is 8.58. The van der Waals surface area contributed by atoms with Crippen LogP contribution in [-0.4, -0.2) is 24.8 Å². The Labute approximate surface area is 109 Å². The molecule has 0 radical (unpaired) electrons. The minimum atomic E-state index is 0.0967. The van der Waals surface area contributed by atoms with Gasteiger partial charge in [-0.05, 0) is 17.7 Å². The molecule has 0 aliphatic rings. The third kappa shape index (κ3) is 4.68. The van der Waals surface area contributed by atoms with Crippen LogP contribution >= 0.6 is 34.2 Å². The van der Waals surface area contributed by atoms with E-state index in [1.165, 1.54) is 0 Å². The van der Waals surface area contributed by atoms with Gasteiger partial charge in [0, 0.05) is 16.6 Å². The molecular formula is C11H14ClIO2. The average Bonchev–Trinajstić information content (AvgIpc) is 2.24. The van der Waals surface area contributed by atoms with E-state index in [1.807, 2.05) is 24.3 Å². The van der Waals surface area contributed by atoms with Crippen molar-refractivity contribution in [3.8, 4) is 0 Å². The molecule has 0 aliphatic carbocycles. The maximum absolute atomic E-state index is 5.92. The number of benzene rings is 1. The van der Waals surface area contributed by atoms with Crippen molar-refractivity contribution in [2.75, 3.05) is 24.8 Å². The summed E-state index contributed by atoms with van der Waals surface area (Å²) in [7, 11) is 1.67. The molecule has 1 rings (SSSR count). The fourth-order valence-electron chi connectivity index (χ4n) is 1.21. The molecule has 0 fully saturated rings. The van der Waals surface area contributed by atoms with Crippen molar-refractivity contribution in [2.45, 2.75) is 6.10 Å². The second-order valence-corrected chi connectivity index (χ2v) is 4.38. The lowest BCUT2D eigenvalue weighted by Gasteiger charge is -2.15. The highest BCUT2D eigenvalue weighted by Gasteiger charge is 2.10. The van der Waals surface area contributed by atoms with Gasteiger partial charge in [0.1, 0.15) is 0 Å². The van der Waals surface area contributed by atoms with Crippen LogP contribution in [0, 0.1) is 0 Å². The smallest absolute Gasteiger partial charge is 0.0915 e. The van der Waals surface area contributed by atoms with Crippen molar-refractivity contribution in [2.24, 2.45) is 0 Å². The summed E-state index contributed by atoms with van der Waals surface area (Å²) >= 11 is 8.23. The molecule has 15 heavy (non-hydrogen) atoms. The van der Waals surface area contributed by atoms with Gasteiger partial charge in [0.05, 0.1) is 19.3 Å². The summed E-state index contributed by atoms with van der Waals surface area (Å²) in [5.41, 5.74) is 1.12. The van der Waals surface area contributed by atoms with E-state index in [2.05, 4.69) is 22.6 Å². The highest BCUT2D eigenvalue weighted by Crippen LogP contribution is 2.22. The summed E-state index contributed by atoms with van der Waals surface area (Å²) in [5.74, 6) is 0. The highest BCUT2D eigenvalue weighted by atomic mass is 127. The van der Waals surface area contributed by atoms with Gasteiger partial charge < -0.3 is 9.47 Å². The first-order valence-corrected chi connectivity index (χ1v) is 6.60. The van der Waals surface area contributed by atoms with E-state index in [0.717, 1.165) is 15.0 Å². The normalized spacial score (nSPS) is 12.7. The number of ether oxygens (including phenoxy) is 2. The minimum Gasteiger partial charge on any atom is -0.382 e. The van der Waals surface area contributed by atoms with Gasteiger partial charge in [-0.3, -0.25) is 0 Å². The zero-order chi connectivity index (χ0) is 11.1. The fourth-order valence-corrected chi connectivity index (χ4v) is 2.17. The maximum atomic E-state index is 5.92. The summed E-state index contributed by atoms with van der Waals surface area (Å²) in [5, 5.41) is 0.748. The lowest BCUT2D eigenvalue weighted by molar-refractivity contribution is 0.0292. The van der Waals surface area contributed by atoms with E-state index in [4.69, 9.17) is 21.1 Å². The van der Waals surface area contributed by atoms with Crippen molar-refractivity contribution in [1.82, 2.24) is 0 Å². The predicted molar refractivity (Wildman–Crippen MR) is 70.9 cm³/mol. The van der Waals surface area contributed by atoms with Crippen LogP contribution in [0.5, 0.6) is 0 Å². The van der Waals surface area contributed by atoms with E-state index in [0.29, 0.717) is 13.2 Å². The van der Waals surface area contributed by atoms with Gasteiger partial charge in [-0.2, -0.15) is 0 Å². The summed E-state index contributed by atoms with van der Waals surface area (Å²) in [6.45, 7) is 1.23. The average molecular weight is 341 g/mol. The number of halogens is 2. The molecule has 0 aromatic heterocycles. The molecule has 1 unspecified atom stereocenters. The molecule has 0 aliphatic heterocycles. The summed E-state index contributed by atoms with van der Waals surface area (Å²) in [4.78, 5) is 0. The maximum Gasteiger partial charge on any atom is 0.0915 e. The Kier molecular flexibility index (Phi) is 6.56. The molecular weight excluding hydrogens is 326 g/mol. The first-order valence-electron chi connectivity index (χ1n) is 4.70. The van der Waals surface area contributed by atoms with Gasteiger partial charge in [-0.1, -0.05) is 46.3 Å². The monoisotopic (exact) mass is 340 g/mol. The van der Waals surface area contributed by atoms with Crippen molar-refractivity contribution in [3.05, 3.63) is 34.9 Å². The van der Waals surface area contributed by atoms with E-state index in [-0.39, 0.29) is 6.10 Å². The minimum absolute atomic E-state index is 0.0967. The third-order valence-electron chi connectivity index (χ3n) is 1.97. The molecule has 0 bridgehead atoms. The molecule has 1 aromatic carbocycles. The van der Waals surface area contributed by atoms with Gasteiger partial charge >= 0.3 is 0 Å². The lowest BCUT2D eigenvalue weighted by Crippen LogP contribution is -2.10. The van der Waals surface area contributed by atoms with Crippen LogP contribution < -0.4 is 0 Å². The number of hydrogen-bond donors (Lipinski definition) is 0. The van der Waals surface area contributed by atoms with Gasteiger partial charge in [0.15, 0.2) is 0 Å². The van der Waals surface area contributed by atoms with E-state index in [9.17, 15) is 0 Å². The van der Waals surface area contributed by atoms with Gasteiger partial charge in [0.2, 0.25) is 0 Å². The van der Waals surface area contributed by atoms with Crippen molar-refractivity contribution in [1.29, 1.82) is 0 Å². The Morgan fingerprint density at radius 3 is 2.80 bits per heavy atom. The molecule has 0 N–H and O–H groups in total.